The van der Waals surface area contributed by atoms with Crippen molar-refractivity contribution in [2.45, 2.75) is 53.6 Å². The maximum Gasteiger partial charge on any atom is 0.222 e. The maximum absolute atomic E-state index is 12.2. The highest BCUT2D eigenvalue weighted by Gasteiger charge is 2.21. The van der Waals surface area contributed by atoms with Crippen LogP contribution in [-0.2, 0) is 11.3 Å². The minimum Gasteiger partial charge on any atom is -0.353 e. The number of aromatic amines is 1. The molecule has 0 fully saturated rings. The summed E-state index contributed by atoms with van der Waals surface area (Å²) in [6, 6.07) is 8.19. The third-order valence-electron chi connectivity index (χ3n) is 4.27. The molecular formula is C18H26N4OS. The molecule has 1 aromatic carbocycles. The van der Waals surface area contributed by atoms with Crippen molar-refractivity contribution in [1.29, 1.82) is 0 Å². The van der Waals surface area contributed by atoms with E-state index in [-0.39, 0.29) is 17.4 Å². The van der Waals surface area contributed by atoms with Crippen molar-refractivity contribution in [1.82, 2.24) is 20.1 Å². The van der Waals surface area contributed by atoms with E-state index in [1.54, 1.807) is 0 Å². The van der Waals surface area contributed by atoms with E-state index in [1.165, 1.54) is 0 Å². The van der Waals surface area contributed by atoms with Gasteiger partial charge in [0.2, 0.25) is 5.91 Å². The second-order valence-corrected chi connectivity index (χ2v) is 7.67. The largest absolute Gasteiger partial charge is 0.353 e. The van der Waals surface area contributed by atoms with Gasteiger partial charge in [0.15, 0.2) is 10.6 Å². The number of amides is 1. The van der Waals surface area contributed by atoms with Crippen molar-refractivity contribution >= 4 is 18.1 Å². The second kappa shape index (κ2) is 7.30. The fraction of sp³-hybridized carbons (Fsp3) is 0.500. The first-order valence-corrected chi connectivity index (χ1v) is 8.61. The molecule has 1 unspecified atom stereocenters. The summed E-state index contributed by atoms with van der Waals surface area (Å²) in [5, 5.41) is 10.2. The zero-order valence-electron chi connectivity index (χ0n) is 15.0. The number of nitrogens with zero attached hydrogens (tertiary/aromatic N) is 2. The monoisotopic (exact) mass is 346 g/mol. The summed E-state index contributed by atoms with van der Waals surface area (Å²) in [6.45, 7) is 10.9. The SMILES string of the molecule is Cc1cccc(-c2n[nH]c(=S)n2CCC(=O)NC(C)C(C)(C)C)c1. The van der Waals surface area contributed by atoms with E-state index in [9.17, 15) is 4.79 Å². The van der Waals surface area contributed by atoms with Gasteiger partial charge in [-0.25, -0.2) is 0 Å². The number of hydrogen-bond donors (Lipinski definition) is 2. The summed E-state index contributed by atoms with van der Waals surface area (Å²) < 4.78 is 2.41. The number of H-pyrrole nitrogens is 1. The Morgan fingerprint density at radius 2 is 2.12 bits per heavy atom. The highest BCUT2D eigenvalue weighted by atomic mass is 32.1. The van der Waals surface area contributed by atoms with Crippen LogP contribution < -0.4 is 5.32 Å². The van der Waals surface area contributed by atoms with E-state index < -0.39 is 0 Å². The number of aryl methyl sites for hydroxylation is 1. The number of hydrogen-bond acceptors (Lipinski definition) is 3. The van der Waals surface area contributed by atoms with Gasteiger partial charge in [-0.15, -0.1) is 0 Å². The molecule has 0 spiro atoms. The lowest BCUT2D eigenvalue weighted by Crippen LogP contribution is -2.41. The van der Waals surface area contributed by atoms with Gasteiger partial charge in [0, 0.05) is 24.6 Å². The lowest BCUT2D eigenvalue weighted by atomic mass is 9.88. The summed E-state index contributed by atoms with van der Waals surface area (Å²) in [6.07, 6.45) is 0.368. The normalized spacial score (nSPS) is 12.9. The van der Waals surface area contributed by atoms with E-state index >= 15 is 0 Å². The minimum absolute atomic E-state index is 0.0238. The van der Waals surface area contributed by atoms with Gasteiger partial charge >= 0.3 is 0 Å². The number of rotatable bonds is 5. The number of aromatic nitrogens is 3. The van der Waals surface area contributed by atoms with Gasteiger partial charge in [-0.2, -0.15) is 5.10 Å². The van der Waals surface area contributed by atoms with Crippen molar-refractivity contribution in [3.8, 4) is 11.4 Å². The Kier molecular flexibility index (Phi) is 5.59. The second-order valence-electron chi connectivity index (χ2n) is 7.28. The zero-order chi connectivity index (χ0) is 17.9. The summed E-state index contributed by atoms with van der Waals surface area (Å²) in [5.74, 6) is 0.788. The van der Waals surface area contributed by atoms with E-state index in [4.69, 9.17) is 12.2 Å². The number of carbonyl (C=O) groups excluding carboxylic acids is 1. The van der Waals surface area contributed by atoms with Crippen LogP contribution >= 0.6 is 12.2 Å². The van der Waals surface area contributed by atoms with Crippen molar-refractivity contribution in [2.24, 2.45) is 5.41 Å². The quantitative estimate of drug-likeness (QED) is 0.808. The van der Waals surface area contributed by atoms with Crippen molar-refractivity contribution < 1.29 is 4.79 Å². The van der Waals surface area contributed by atoms with Crippen LogP contribution in [0.4, 0.5) is 0 Å². The van der Waals surface area contributed by atoms with Crippen LogP contribution in [0.1, 0.15) is 39.7 Å². The standard InChI is InChI=1S/C18H26N4OS/c1-12-7-6-8-14(11-12)16-20-21-17(24)22(16)10-9-15(23)19-13(2)18(3,4)5/h6-8,11,13H,9-10H2,1-5H3,(H,19,23)(H,21,24). The molecule has 2 N–H and O–H groups in total. The summed E-state index contributed by atoms with van der Waals surface area (Å²) in [4.78, 5) is 12.2. The highest BCUT2D eigenvalue weighted by Crippen LogP contribution is 2.20. The van der Waals surface area contributed by atoms with Crippen LogP contribution in [0.15, 0.2) is 24.3 Å². The van der Waals surface area contributed by atoms with Crippen LogP contribution in [0.25, 0.3) is 11.4 Å². The zero-order valence-corrected chi connectivity index (χ0v) is 15.8. The molecule has 2 aromatic rings. The minimum atomic E-state index is 0.0238. The molecule has 0 saturated carbocycles. The van der Waals surface area contributed by atoms with Crippen LogP contribution in [-0.4, -0.2) is 26.7 Å². The van der Waals surface area contributed by atoms with Gasteiger partial charge in [0.1, 0.15) is 0 Å². The molecule has 6 heteroatoms. The third kappa shape index (κ3) is 4.54. The predicted molar refractivity (Wildman–Crippen MR) is 99.3 cm³/mol. The molecule has 5 nitrogen and oxygen atoms in total. The van der Waals surface area contributed by atoms with Gasteiger partial charge in [0.25, 0.3) is 0 Å². The van der Waals surface area contributed by atoms with Gasteiger partial charge < -0.3 is 5.32 Å². The Morgan fingerprint density at radius 3 is 2.75 bits per heavy atom. The average Bonchev–Trinajstić information content (AvgIpc) is 2.85. The predicted octanol–water partition coefficient (Wildman–Crippen LogP) is 3.86. The van der Waals surface area contributed by atoms with Gasteiger partial charge in [-0.05, 0) is 37.5 Å². The molecule has 1 amide bonds. The first-order chi connectivity index (χ1) is 11.2. The molecule has 0 saturated heterocycles. The lowest BCUT2D eigenvalue weighted by Gasteiger charge is -2.28. The first kappa shape index (κ1) is 18.4. The molecule has 1 heterocycles. The summed E-state index contributed by atoms with van der Waals surface area (Å²) in [5.41, 5.74) is 2.18. The molecule has 0 aliphatic rings. The first-order valence-electron chi connectivity index (χ1n) is 8.20. The molecule has 2 rings (SSSR count). The number of nitrogens with one attached hydrogen (secondary N) is 2. The summed E-state index contributed by atoms with van der Waals surface area (Å²) >= 11 is 5.32. The molecule has 0 radical (unpaired) electrons. The van der Waals surface area contributed by atoms with E-state index in [1.807, 2.05) is 36.6 Å². The molecular weight excluding hydrogens is 320 g/mol. The topological polar surface area (TPSA) is 62.7 Å². The molecule has 130 valence electrons. The number of carbonyl (C=O) groups is 1. The van der Waals surface area contributed by atoms with Crippen molar-refractivity contribution in [3.63, 3.8) is 0 Å². The fourth-order valence-corrected chi connectivity index (χ4v) is 2.50. The Balaban J connectivity index is 2.10. The van der Waals surface area contributed by atoms with E-state index in [2.05, 4.69) is 42.4 Å². The Hall–Kier alpha value is -1.95. The molecule has 0 aliphatic carbocycles. The Morgan fingerprint density at radius 1 is 1.42 bits per heavy atom. The van der Waals surface area contributed by atoms with Crippen molar-refractivity contribution in [2.75, 3.05) is 0 Å². The molecule has 0 aliphatic heterocycles. The smallest absolute Gasteiger partial charge is 0.222 e. The third-order valence-corrected chi connectivity index (χ3v) is 4.59. The molecule has 1 atom stereocenters. The maximum atomic E-state index is 12.2. The summed E-state index contributed by atoms with van der Waals surface area (Å²) in [7, 11) is 0. The highest BCUT2D eigenvalue weighted by molar-refractivity contribution is 7.71. The Labute approximate surface area is 148 Å². The lowest BCUT2D eigenvalue weighted by molar-refractivity contribution is -0.122. The van der Waals surface area contributed by atoms with Crippen LogP contribution in [0.3, 0.4) is 0 Å². The van der Waals surface area contributed by atoms with E-state index in [0.717, 1.165) is 17.0 Å². The van der Waals surface area contributed by atoms with Crippen LogP contribution in [0, 0.1) is 17.1 Å². The van der Waals surface area contributed by atoms with Crippen LogP contribution in [0.5, 0.6) is 0 Å². The van der Waals surface area contributed by atoms with Gasteiger partial charge in [0.05, 0.1) is 0 Å². The fourth-order valence-electron chi connectivity index (χ4n) is 2.27. The van der Waals surface area contributed by atoms with E-state index in [0.29, 0.717) is 17.7 Å². The van der Waals surface area contributed by atoms with Gasteiger partial charge in [-0.1, -0.05) is 44.5 Å². The Bertz CT molecular complexity index is 770. The van der Waals surface area contributed by atoms with Crippen LogP contribution in [0.2, 0.25) is 0 Å². The van der Waals surface area contributed by atoms with Gasteiger partial charge in [-0.3, -0.25) is 14.5 Å². The number of benzene rings is 1. The molecule has 24 heavy (non-hydrogen) atoms. The molecule has 1 aromatic heterocycles. The van der Waals surface area contributed by atoms with Crippen molar-refractivity contribution in [3.05, 3.63) is 34.6 Å². The molecule has 0 bridgehead atoms. The average molecular weight is 347 g/mol.